The van der Waals surface area contributed by atoms with Crippen LogP contribution in [0.1, 0.15) is 5.56 Å². The molecule has 0 atom stereocenters. The Morgan fingerprint density at radius 3 is 2.35 bits per heavy atom. The SMILES string of the molecule is O=[N+]([O-])c1ccc(COc2cc(Cl)cc(Cl)c2)cc1F. The molecule has 0 bridgehead atoms. The van der Waals surface area contributed by atoms with Crippen molar-refractivity contribution in [2.75, 3.05) is 0 Å². The van der Waals surface area contributed by atoms with E-state index in [2.05, 4.69) is 0 Å². The molecular formula is C13H8Cl2FNO3. The molecule has 0 radical (unpaired) electrons. The highest BCUT2D eigenvalue weighted by Crippen LogP contribution is 2.25. The first kappa shape index (κ1) is 14.6. The van der Waals surface area contributed by atoms with Gasteiger partial charge < -0.3 is 4.74 Å². The van der Waals surface area contributed by atoms with Crippen LogP contribution in [0.5, 0.6) is 5.75 Å². The van der Waals surface area contributed by atoms with E-state index >= 15 is 0 Å². The van der Waals surface area contributed by atoms with Crippen LogP contribution in [0.4, 0.5) is 10.1 Å². The second kappa shape index (κ2) is 6.07. The molecule has 104 valence electrons. The van der Waals surface area contributed by atoms with E-state index in [9.17, 15) is 14.5 Å². The Balaban J connectivity index is 2.11. The van der Waals surface area contributed by atoms with Gasteiger partial charge in [0.05, 0.1) is 4.92 Å². The fourth-order valence-electron chi connectivity index (χ4n) is 1.57. The second-order valence-corrected chi connectivity index (χ2v) is 4.81. The third kappa shape index (κ3) is 3.59. The van der Waals surface area contributed by atoms with Gasteiger partial charge >= 0.3 is 5.69 Å². The third-order valence-corrected chi connectivity index (χ3v) is 2.89. The van der Waals surface area contributed by atoms with E-state index in [0.29, 0.717) is 21.4 Å². The maximum atomic E-state index is 13.4. The van der Waals surface area contributed by atoms with Crippen LogP contribution in [0, 0.1) is 15.9 Å². The number of halogens is 3. The summed E-state index contributed by atoms with van der Waals surface area (Å²) >= 11 is 11.6. The number of nitro benzene ring substituents is 1. The van der Waals surface area contributed by atoms with Crippen molar-refractivity contribution in [2.45, 2.75) is 6.61 Å². The monoisotopic (exact) mass is 315 g/mol. The summed E-state index contributed by atoms with van der Waals surface area (Å²) in [5.41, 5.74) is -0.108. The van der Waals surface area contributed by atoms with Gasteiger partial charge in [-0.05, 0) is 35.9 Å². The van der Waals surface area contributed by atoms with E-state index in [1.165, 1.54) is 6.07 Å². The number of hydrogen-bond acceptors (Lipinski definition) is 3. The van der Waals surface area contributed by atoms with Gasteiger partial charge in [0, 0.05) is 16.1 Å². The topological polar surface area (TPSA) is 52.4 Å². The van der Waals surface area contributed by atoms with E-state index in [1.54, 1.807) is 18.2 Å². The highest BCUT2D eigenvalue weighted by atomic mass is 35.5. The minimum absolute atomic E-state index is 0.0472. The average Bonchev–Trinajstić information content (AvgIpc) is 2.35. The van der Waals surface area contributed by atoms with Gasteiger partial charge in [-0.25, -0.2) is 0 Å². The number of ether oxygens (including phenoxy) is 1. The second-order valence-electron chi connectivity index (χ2n) is 3.94. The van der Waals surface area contributed by atoms with Gasteiger partial charge in [0.15, 0.2) is 0 Å². The van der Waals surface area contributed by atoms with E-state index in [-0.39, 0.29) is 6.61 Å². The predicted octanol–water partition coefficient (Wildman–Crippen LogP) is 4.62. The first-order valence-electron chi connectivity index (χ1n) is 5.47. The summed E-state index contributed by atoms with van der Waals surface area (Å²) in [4.78, 5) is 9.71. The number of hydrogen-bond donors (Lipinski definition) is 0. The van der Waals surface area contributed by atoms with Crippen molar-refractivity contribution in [2.24, 2.45) is 0 Å². The van der Waals surface area contributed by atoms with Crippen molar-refractivity contribution in [3.63, 3.8) is 0 Å². The van der Waals surface area contributed by atoms with Crippen LogP contribution in [-0.4, -0.2) is 4.92 Å². The van der Waals surface area contributed by atoms with Gasteiger partial charge in [-0.3, -0.25) is 10.1 Å². The third-order valence-electron chi connectivity index (χ3n) is 2.45. The van der Waals surface area contributed by atoms with Crippen molar-refractivity contribution < 1.29 is 14.1 Å². The van der Waals surface area contributed by atoms with Crippen molar-refractivity contribution >= 4 is 28.9 Å². The molecule has 0 aromatic heterocycles. The minimum atomic E-state index is -0.903. The zero-order valence-corrected chi connectivity index (χ0v) is 11.5. The molecule has 2 rings (SSSR count). The summed E-state index contributed by atoms with van der Waals surface area (Å²) < 4.78 is 18.8. The number of nitro groups is 1. The van der Waals surface area contributed by atoms with Gasteiger partial charge in [0.25, 0.3) is 0 Å². The lowest BCUT2D eigenvalue weighted by atomic mass is 10.2. The highest BCUT2D eigenvalue weighted by molar-refractivity contribution is 6.34. The lowest BCUT2D eigenvalue weighted by Gasteiger charge is -2.07. The summed E-state index contributed by atoms with van der Waals surface area (Å²) in [5, 5.41) is 11.3. The molecule has 0 fully saturated rings. The van der Waals surface area contributed by atoms with E-state index in [4.69, 9.17) is 27.9 Å². The van der Waals surface area contributed by atoms with Crippen molar-refractivity contribution in [3.05, 3.63) is 67.9 Å². The molecule has 7 heteroatoms. The zero-order chi connectivity index (χ0) is 14.7. The van der Waals surface area contributed by atoms with E-state index < -0.39 is 16.4 Å². The van der Waals surface area contributed by atoms with Crippen molar-refractivity contribution in [1.29, 1.82) is 0 Å². The van der Waals surface area contributed by atoms with Crippen molar-refractivity contribution in [3.8, 4) is 5.75 Å². The van der Waals surface area contributed by atoms with Crippen LogP contribution in [-0.2, 0) is 6.61 Å². The molecule has 0 amide bonds. The molecule has 0 unspecified atom stereocenters. The Morgan fingerprint density at radius 1 is 1.15 bits per heavy atom. The Morgan fingerprint density at radius 2 is 1.80 bits per heavy atom. The van der Waals surface area contributed by atoms with Crippen LogP contribution in [0.3, 0.4) is 0 Å². The summed E-state index contributed by atoms with van der Waals surface area (Å²) in [6, 6.07) is 8.27. The molecule has 20 heavy (non-hydrogen) atoms. The van der Waals surface area contributed by atoms with Crippen LogP contribution < -0.4 is 4.74 Å². The summed E-state index contributed by atoms with van der Waals surface area (Å²) in [5.74, 6) is -0.471. The Kier molecular flexibility index (Phi) is 4.42. The Labute approximate surface area is 123 Å². The van der Waals surface area contributed by atoms with E-state index in [1.807, 2.05) is 0 Å². The number of rotatable bonds is 4. The fraction of sp³-hybridized carbons (Fsp3) is 0.0769. The van der Waals surface area contributed by atoms with E-state index in [0.717, 1.165) is 12.1 Å². The number of nitrogens with zero attached hydrogens (tertiary/aromatic N) is 1. The Hall–Kier alpha value is -1.85. The summed E-state index contributed by atoms with van der Waals surface area (Å²) in [7, 11) is 0. The van der Waals surface area contributed by atoms with Gasteiger partial charge in [-0.1, -0.05) is 23.2 Å². The molecule has 4 nitrogen and oxygen atoms in total. The predicted molar refractivity (Wildman–Crippen MR) is 73.8 cm³/mol. The average molecular weight is 316 g/mol. The molecule has 0 aliphatic heterocycles. The molecule has 0 aliphatic carbocycles. The van der Waals surface area contributed by atoms with Gasteiger partial charge in [-0.15, -0.1) is 0 Å². The van der Waals surface area contributed by atoms with Crippen LogP contribution in [0.2, 0.25) is 10.0 Å². The van der Waals surface area contributed by atoms with Crippen LogP contribution in [0.25, 0.3) is 0 Å². The molecule has 0 N–H and O–H groups in total. The minimum Gasteiger partial charge on any atom is -0.489 e. The Bertz CT molecular complexity index is 644. The quantitative estimate of drug-likeness (QED) is 0.611. The lowest BCUT2D eigenvalue weighted by molar-refractivity contribution is -0.387. The standard InChI is InChI=1S/C13H8Cl2FNO3/c14-9-4-10(15)6-11(5-9)20-7-8-1-2-13(17(18)19)12(16)3-8/h1-6H,7H2. The maximum absolute atomic E-state index is 13.4. The molecule has 2 aromatic carbocycles. The van der Waals surface area contributed by atoms with Crippen molar-refractivity contribution in [1.82, 2.24) is 0 Å². The number of benzene rings is 2. The smallest absolute Gasteiger partial charge is 0.304 e. The lowest BCUT2D eigenvalue weighted by Crippen LogP contribution is -1.98. The molecule has 0 saturated heterocycles. The summed E-state index contributed by atoms with van der Waals surface area (Å²) in [6.07, 6.45) is 0. The largest absolute Gasteiger partial charge is 0.489 e. The van der Waals surface area contributed by atoms with Crippen LogP contribution in [0.15, 0.2) is 36.4 Å². The molecular weight excluding hydrogens is 308 g/mol. The molecule has 0 spiro atoms. The first-order chi connectivity index (χ1) is 9.45. The highest BCUT2D eigenvalue weighted by Gasteiger charge is 2.13. The van der Waals surface area contributed by atoms with Gasteiger partial charge in [-0.2, -0.15) is 4.39 Å². The molecule has 0 heterocycles. The fourth-order valence-corrected chi connectivity index (χ4v) is 2.07. The van der Waals surface area contributed by atoms with Gasteiger partial charge in [0.1, 0.15) is 12.4 Å². The maximum Gasteiger partial charge on any atom is 0.304 e. The molecule has 0 saturated carbocycles. The zero-order valence-electron chi connectivity index (χ0n) is 9.98. The summed E-state index contributed by atoms with van der Waals surface area (Å²) in [6.45, 7) is 0.0472. The van der Waals surface area contributed by atoms with Crippen LogP contribution >= 0.6 is 23.2 Å². The molecule has 2 aromatic rings. The molecule has 0 aliphatic rings. The first-order valence-corrected chi connectivity index (χ1v) is 6.23. The normalized spacial score (nSPS) is 10.3. The van der Waals surface area contributed by atoms with Gasteiger partial charge in [0.2, 0.25) is 5.82 Å².